The molecule has 0 atom stereocenters. The predicted octanol–water partition coefficient (Wildman–Crippen LogP) is 2.78. The van der Waals surface area contributed by atoms with Gasteiger partial charge < -0.3 is 20.3 Å². The summed E-state index contributed by atoms with van der Waals surface area (Å²) in [5.74, 6) is 0.343. The van der Waals surface area contributed by atoms with Gasteiger partial charge in [-0.3, -0.25) is 4.79 Å². The fraction of sp³-hybridized carbons (Fsp3) is 0.421. The average molecular weight is 355 g/mol. The van der Waals surface area contributed by atoms with E-state index in [-0.39, 0.29) is 5.91 Å². The van der Waals surface area contributed by atoms with E-state index in [2.05, 4.69) is 37.6 Å². The van der Waals surface area contributed by atoms with Crippen LogP contribution in [-0.4, -0.2) is 49.2 Å². The number of methoxy groups -OCH3 is 1. The Labute approximate surface area is 153 Å². The number of carbonyl (C=O) groups is 1. The maximum Gasteiger partial charge on any atom is 0.274 e. The van der Waals surface area contributed by atoms with Crippen molar-refractivity contribution in [2.75, 3.05) is 48.9 Å². The minimum atomic E-state index is -0.257. The van der Waals surface area contributed by atoms with Gasteiger partial charge in [0.15, 0.2) is 0 Å². The number of carbonyl (C=O) groups excluding carboxylic acids is 1. The first-order valence-corrected chi connectivity index (χ1v) is 8.97. The van der Waals surface area contributed by atoms with Crippen LogP contribution in [0.2, 0.25) is 0 Å². The fourth-order valence-corrected chi connectivity index (χ4v) is 2.96. The van der Waals surface area contributed by atoms with Gasteiger partial charge >= 0.3 is 0 Å². The molecule has 138 valence electrons. The van der Waals surface area contributed by atoms with Crippen molar-refractivity contribution in [2.24, 2.45) is 0 Å². The van der Waals surface area contributed by atoms with E-state index in [4.69, 9.17) is 4.74 Å². The van der Waals surface area contributed by atoms with E-state index in [0.717, 1.165) is 18.8 Å². The summed E-state index contributed by atoms with van der Waals surface area (Å²) in [6.07, 6.45) is 5.18. The van der Waals surface area contributed by atoms with Crippen LogP contribution in [-0.2, 0) is 4.74 Å². The summed E-state index contributed by atoms with van der Waals surface area (Å²) >= 11 is 0. The van der Waals surface area contributed by atoms with Gasteiger partial charge in [-0.15, -0.1) is 0 Å². The quantitative estimate of drug-likeness (QED) is 0.744. The summed E-state index contributed by atoms with van der Waals surface area (Å²) in [6.45, 7) is 3.39. The normalized spacial score (nSPS) is 14.1. The smallest absolute Gasteiger partial charge is 0.274 e. The van der Waals surface area contributed by atoms with Crippen molar-refractivity contribution in [3.05, 3.63) is 42.4 Å². The zero-order valence-corrected chi connectivity index (χ0v) is 15.1. The Morgan fingerprint density at radius 1 is 1.15 bits per heavy atom. The molecule has 1 saturated heterocycles. The Morgan fingerprint density at radius 2 is 1.92 bits per heavy atom. The van der Waals surface area contributed by atoms with Crippen LogP contribution in [0.1, 0.15) is 29.8 Å². The van der Waals surface area contributed by atoms with Crippen LogP contribution in [0.3, 0.4) is 0 Å². The lowest BCUT2D eigenvalue weighted by atomic mass is 10.1. The van der Waals surface area contributed by atoms with Gasteiger partial charge in [-0.25, -0.2) is 9.97 Å². The highest BCUT2D eigenvalue weighted by atomic mass is 16.5. The maximum absolute atomic E-state index is 12.4. The molecular formula is C19H25N5O2. The summed E-state index contributed by atoms with van der Waals surface area (Å²) in [5, 5.41) is 5.97. The highest BCUT2D eigenvalue weighted by Gasteiger charge is 2.12. The topological polar surface area (TPSA) is 79.4 Å². The lowest BCUT2D eigenvalue weighted by molar-refractivity contribution is 0.102. The van der Waals surface area contributed by atoms with Crippen LogP contribution in [0.4, 0.5) is 17.2 Å². The van der Waals surface area contributed by atoms with Crippen LogP contribution in [0.5, 0.6) is 0 Å². The highest BCUT2D eigenvalue weighted by Crippen LogP contribution is 2.22. The van der Waals surface area contributed by atoms with Crippen molar-refractivity contribution in [2.45, 2.75) is 19.3 Å². The number of nitrogens with zero attached hydrogens (tertiary/aromatic N) is 3. The highest BCUT2D eigenvalue weighted by molar-refractivity contribution is 6.03. The maximum atomic E-state index is 12.4. The largest absolute Gasteiger partial charge is 0.383 e. The zero-order valence-electron chi connectivity index (χ0n) is 15.1. The standard InChI is InChI=1S/C19H25N5O2/c1-26-12-9-20-18-13-17(21-14-22-18)19(25)23-15-5-7-16(8-6-15)24-10-3-2-4-11-24/h5-8,13-14H,2-4,9-12H2,1H3,(H,23,25)(H,20,21,22). The third-order valence-corrected chi connectivity index (χ3v) is 4.36. The molecule has 1 fully saturated rings. The van der Waals surface area contributed by atoms with Crippen LogP contribution in [0, 0.1) is 0 Å². The van der Waals surface area contributed by atoms with Gasteiger partial charge in [0.05, 0.1) is 6.61 Å². The van der Waals surface area contributed by atoms with E-state index in [1.165, 1.54) is 31.3 Å². The summed E-state index contributed by atoms with van der Waals surface area (Å²) in [6, 6.07) is 9.60. The van der Waals surface area contributed by atoms with Crippen LogP contribution < -0.4 is 15.5 Å². The second-order valence-electron chi connectivity index (χ2n) is 6.26. The number of rotatable bonds is 7. The summed E-state index contributed by atoms with van der Waals surface area (Å²) in [5.41, 5.74) is 2.28. The number of hydrogen-bond donors (Lipinski definition) is 2. The SMILES string of the molecule is COCCNc1cc(C(=O)Nc2ccc(N3CCCCC3)cc2)ncn1. The Hall–Kier alpha value is -2.67. The summed E-state index contributed by atoms with van der Waals surface area (Å²) in [7, 11) is 1.64. The number of anilines is 3. The molecule has 2 N–H and O–H groups in total. The predicted molar refractivity (Wildman–Crippen MR) is 103 cm³/mol. The monoisotopic (exact) mass is 355 g/mol. The molecule has 0 unspecified atom stereocenters. The van der Waals surface area contributed by atoms with Gasteiger partial charge in [-0.2, -0.15) is 0 Å². The third-order valence-electron chi connectivity index (χ3n) is 4.36. The van der Waals surface area contributed by atoms with Crippen molar-refractivity contribution in [1.29, 1.82) is 0 Å². The van der Waals surface area contributed by atoms with Crippen molar-refractivity contribution in [1.82, 2.24) is 9.97 Å². The van der Waals surface area contributed by atoms with Crippen molar-refractivity contribution in [3.63, 3.8) is 0 Å². The second kappa shape index (κ2) is 9.15. The molecule has 1 aromatic heterocycles. The third kappa shape index (κ3) is 4.92. The van der Waals surface area contributed by atoms with Gasteiger partial charge in [0, 0.05) is 44.2 Å². The Kier molecular flexibility index (Phi) is 6.38. The molecular weight excluding hydrogens is 330 g/mol. The molecule has 1 amide bonds. The van der Waals surface area contributed by atoms with Crippen LogP contribution in [0.15, 0.2) is 36.7 Å². The molecule has 0 aliphatic carbocycles. The average Bonchev–Trinajstić information content (AvgIpc) is 2.70. The number of hydrogen-bond acceptors (Lipinski definition) is 6. The lowest BCUT2D eigenvalue weighted by Gasteiger charge is -2.28. The van der Waals surface area contributed by atoms with Gasteiger partial charge in [-0.05, 0) is 43.5 Å². The first-order chi connectivity index (χ1) is 12.8. The number of benzene rings is 1. The number of piperidine rings is 1. The van der Waals surface area contributed by atoms with Crippen molar-refractivity contribution < 1.29 is 9.53 Å². The van der Waals surface area contributed by atoms with E-state index in [1.807, 2.05) is 12.1 Å². The molecule has 2 heterocycles. The molecule has 0 saturated carbocycles. The van der Waals surface area contributed by atoms with Gasteiger partial charge in [0.1, 0.15) is 17.8 Å². The molecule has 1 aliphatic rings. The molecule has 0 spiro atoms. The molecule has 1 aliphatic heterocycles. The summed E-state index contributed by atoms with van der Waals surface area (Å²) in [4.78, 5) is 23.0. The van der Waals surface area contributed by atoms with Gasteiger partial charge in [0.25, 0.3) is 5.91 Å². The van der Waals surface area contributed by atoms with Crippen LogP contribution in [0.25, 0.3) is 0 Å². The molecule has 26 heavy (non-hydrogen) atoms. The molecule has 7 heteroatoms. The van der Waals surface area contributed by atoms with Gasteiger partial charge in [-0.1, -0.05) is 0 Å². The van der Waals surface area contributed by atoms with Gasteiger partial charge in [0.2, 0.25) is 0 Å². The van der Waals surface area contributed by atoms with E-state index in [9.17, 15) is 4.79 Å². The minimum Gasteiger partial charge on any atom is -0.383 e. The van der Waals surface area contributed by atoms with E-state index >= 15 is 0 Å². The molecule has 1 aromatic carbocycles. The van der Waals surface area contributed by atoms with E-state index in [0.29, 0.717) is 24.7 Å². The number of amides is 1. The molecule has 0 bridgehead atoms. The van der Waals surface area contributed by atoms with Crippen molar-refractivity contribution in [3.8, 4) is 0 Å². The fourth-order valence-electron chi connectivity index (χ4n) is 2.96. The second-order valence-corrected chi connectivity index (χ2v) is 6.26. The van der Waals surface area contributed by atoms with E-state index in [1.54, 1.807) is 13.2 Å². The first kappa shape index (κ1) is 18.1. The molecule has 7 nitrogen and oxygen atoms in total. The minimum absolute atomic E-state index is 0.257. The Morgan fingerprint density at radius 3 is 2.65 bits per heavy atom. The van der Waals surface area contributed by atoms with E-state index < -0.39 is 0 Å². The summed E-state index contributed by atoms with van der Waals surface area (Å²) < 4.78 is 4.99. The Bertz CT molecular complexity index is 714. The first-order valence-electron chi connectivity index (χ1n) is 8.97. The Balaban J connectivity index is 1.59. The number of ether oxygens (including phenoxy) is 1. The molecule has 3 rings (SSSR count). The zero-order chi connectivity index (χ0) is 18.2. The molecule has 0 radical (unpaired) electrons. The molecule has 2 aromatic rings. The lowest BCUT2D eigenvalue weighted by Crippen LogP contribution is -2.29. The number of nitrogens with one attached hydrogen (secondary N) is 2. The van der Waals surface area contributed by atoms with Crippen molar-refractivity contribution >= 4 is 23.1 Å². The number of aromatic nitrogens is 2. The van der Waals surface area contributed by atoms with Crippen LogP contribution >= 0.6 is 0 Å².